The molecule has 0 aliphatic carbocycles. The van der Waals surface area contributed by atoms with Crippen LogP contribution >= 0.6 is 0 Å². The van der Waals surface area contributed by atoms with Gasteiger partial charge in [0.2, 0.25) is 0 Å². The monoisotopic (exact) mass is 238 g/mol. The Bertz CT molecular complexity index is 776. The van der Waals surface area contributed by atoms with Crippen molar-refractivity contribution in [1.82, 2.24) is 14.7 Å². The molecule has 2 aromatic heterocycles. The molecule has 5 nitrogen and oxygen atoms in total. The van der Waals surface area contributed by atoms with Crippen LogP contribution in [-0.2, 0) is 7.05 Å². The lowest BCUT2D eigenvalue weighted by atomic mass is 10.2. The number of hydrogen-bond donors (Lipinski definition) is 0. The van der Waals surface area contributed by atoms with Crippen molar-refractivity contribution in [1.29, 1.82) is 5.26 Å². The van der Waals surface area contributed by atoms with Gasteiger partial charge >= 0.3 is 0 Å². The maximum Gasteiger partial charge on any atom is 0.163 e. The summed E-state index contributed by atoms with van der Waals surface area (Å²) in [4.78, 5) is 4.50. The average Bonchev–Trinajstić information content (AvgIpc) is 2.94. The molecule has 0 unspecified atom stereocenters. The molecule has 0 atom stereocenters. The molecule has 0 saturated carbocycles. The predicted molar refractivity (Wildman–Crippen MR) is 65.7 cm³/mol. The molecule has 1 aromatic carbocycles. The highest BCUT2D eigenvalue weighted by Crippen LogP contribution is 2.23. The minimum Gasteiger partial charge on any atom is -0.361 e. The molecular weight excluding hydrogens is 228 g/mol. The molecule has 5 heteroatoms. The molecule has 0 saturated heterocycles. The van der Waals surface area contributed by atoms with E-state index in [1.54, 1.807) is 6.07 Å². The van der Waals surface area contributed by atoms with Gasteiger partial charge in [-0.1, -0.05) is 5.16 Å². The summed E-state index contributed by atoms with van der Waals surface area (Å²) < 4.78 is 6.97. The van der Waals surface area contributed by atoms with Crippen molar-refractivity contribution in [2.45, 2.75) is 6.92 Å². The van der Waals surface area contributed by atoms with Crippen LogP contribution in [0.2, 0.25) is 0 Å². The number of aromatic nitrogens is 3. The molecular formula is C13H10N4O. The van der Waals surface area contributed by atoms with E-state index in [9.17, 15) is 0 Å². The molecule has 3 rings (SSSR count). The second-order valence-corrected chi connectivity index (χ2v) is 4.13. The number of hydrogen-bond acceptors (Lipinski definition) is 4. The highest BCUT2D eigenvalue weighted by atomic mass is 16.5. The van der Waals surface area contributed by atoms with Crippen LogP contribution in [0.3, 0.4) is 0 Å². The van der Waals surface area contributed by atoms with Crippen LogP contribution in [0.4, 0.5) is 0 Å². The second-order valence-electron chi connectivity index (χ2n) is 4.13. The third kappa shape index (κ3) is 1.47. The summed E-state index contributed by atoms with van der Waals surface area (Å²) in [6.45, 7) is 1.84. The maximum absolute atomic E-state index is 8.91. The summed E-state index contributed by atoms with van der Waals surface area (Å²) in [5.41, 5.74) is 3.06. The summed E-state index contributed by atoms with van der Waals surface area (Å²) in [6.07, 6.45) is 0. The van der Waals surface area contributed by atoms with Crippen molar-refractivity contribution in [3.05, 3.63) is 35.6 Å². The topological polar surface area (TPSA) is 67.6 Å². The van der Waals surface area contributed by atoms with Crippen LogP contribution in [0.1, 0.15) is 11.3 Å². The number of imidazole rings is 1. The highest BCUT2D eigenvalue weighted by Gasteiger charge is 2.13. The quantitative estimate of drug-likeness (QED) is 0.652. The minimum absolute atomic E-state index is 0.619. The fraction of sp³-hybridized carbons (Fsp3) is 0.154. The number of aryl methyl sites for hydroxylation is 2. The van der Waals surface area contributed by atoms with Gasteiger partial charge in [0.25, 0.3) is 0 Å². The Balaban J connectivity index is 2.26. The second kappa shape index (κ2) is 3.70. The first kappa shape index (κ1) is 10.5. The zero-order valence-corrected chi connectivity index (χ0v) is 10.0. The van der Waals surface area contributed by atoms with Gasteiger partial charge in [-0.15, -0.1) is 0 Å². The first-order chi connectivity index (χ1) is 8.69. The Hall–Kier alpha value is -2.61. The molecule has 0 fully saturated rings. The summed E-state index contributed by atoms with van der Waals surface area (Å²) in [6, 6.07) is 9.38. The van der Waals surface area contributed by atoms with Crippen LogP contribution in [0, 0.1) is 18.3 Å². The van der Waals surface area contributed by atoms with Gasteiger partial charge in [-0.25, -0.2) is 4.98 Å². The highest BCUT2D eigenvalue weighted by molar-refractivity contribution is 5.81. The van der Waals surface area contributed by atoms with E-state index in [1.165, 1.54) is 0 Å². The van der Waals surface area contributed by atoms with E-state index < -0.39 is 0 Å². The lowest BCUT2D eigenvalue weighted by Crippen LogP contribution is -1.92. The normalized spacial score (nSPS) is 10.7. The van der Waals surface area contributed by atoms with Crippen molar-refractivity contribution in [3.8, 4) is 17.6 Å². The average molecular weight is 238 g/mol. The molecule has 3 aromatic rings. The molecule has 0 N–H and O–H groups in total. The Morgan fingerprint density at radius 3 is 2.83 bits per heavy atom. The zero-order valence-electron chi connectivity index (χ0n) is 10.0. The van der Waals surface area contributed by atoms with Crippen LogP contribution in [0.25, 0.3) is 22.6 Å². The number of fused-ring (bicyclic) bond motifs is 1. The fourth-order valence-electron chi connectivity index (χ4n) is 1.96. The molecule has 88 valence electrons. The van der Waals surface area contributed by atoms with Gasteiger partial charge in [-0.3, -0.25) is 0 Å². The lowest BCUT2D eigenvalue weighted by molar-refractivity contribution is 0.399. The molecule has 18 heavy (non-hydrogen) atoms. The molecule has 2 heterocycles. The number of benzene rings is 1. The van der Waals surface area contributed by atoms with Gasteiger partial charge in [0, 0.05) is 13.1 Å². The molecule has 0 spiro atoms. The molecule has 0 aliphatic rings. The van der Waals surface area contributed by atoms with E-state index in [0.29, 0.717) is 11.3 Å². The third-order valence-electron chi connectivity index (χ3n) is 2.87. The molecule has 0 radical (unpaired) electrons. The number of nitrogens with zero attached hydrogens (tertiary/aromatic N) is 4. The van der Waals surface area contributed by atoms with Crippen LogP contribution in [0.5, 0.6) is 0 Å². The third-order valence-corrected chi connectivity index (χ3v) is 2.87. The van der Waals surface area contributed by atoms with Crippen molar-refractivity contribution >= 4 is 11.0 Å². The number of rotatable bonds is 1. The summed E-state index contributed by atoms with van der Waals surface area (Å²) in [7, 11) is 1.90. The first-order valence-corrected chi connectivity index (χ1v) is 5.49. The smallest absolute Gasteiger partial charge is 0.163 e. The summed E-state index contributed by atoms with van der Waals surface area (Å²) in [5, 5.41) is 12.9. The van der Waals surface area contributed by atoms with Crippen molar-refractivity contribution in [3.63, 3.8) is 0 Å². The van der Waals surface area contributed by atoms with Gasteiger partial charge in [0.1, 0.15) is 11.5 Å². The van der Waals surface area contributed by atoms with Gasteiger partial charge in [-0.05, 0) is 25.1 Å². The summed E-state index contributed by atoms with van der Waals surface area (Å²) in [5.74, 6) is 1.48. The SMILES string of the molecule is Cc1cc(-c2nc3ccc(C#N)cc3n2C)no1. The lowest BCUT2D eigenvalue weighted by Gasteiger charge is -1.97. The molecule has 0 bridgehead atoms. The van der Waals surface area contributed by atoms with E-state index >= 15 is 0 Å². The zero-order chi connectivity index (χ0) is 12.7. The van der Waals surface area contributed by atoms with Crippen molar-refractivity contribution in [2.75, 3.05) is 0 Å². The van der Waals surface area contributed by atoms with Gasteiger partial charge in [-0.2, -0.15) is 5.26 Å². The van der Waals surface area contributed by atoms with Crippen LogP contribution in [0.15, 0.2) is 28.8 Å². The van der Waals surface area contributed by atoms with Crippen LogP contribution < -0.4 is 0 Å². The largest absolute Gasteiger partial charge is 0.361 e. The van der Waals surface area contributed by atoms with Crippen LogP contribution in [-0.4, -0.2) is 14.7 Å². The Labute approximate surface area is 103 Å². The predicted octanol–water partition coefficient (Wildman–Crippen LogP) is 2.41. The van der Waals surface area contributed by atoms with E-state index in [2.05, 4.69) is 16.2 Å². The maximum atomic E-state index is 8.91. The Morgan fingerprint density at radius 2 is 2.17 bits per heavy atom. The Morgan fingerprint density at radius 1 is 1.33 bits per heavy atom. The van der Waals surface area contributed by atoms with Gasteiger partial charge in [0.15, 0.2) is 5.82 Å². The van der Waals surface area contributed by atoms with Crippen molar-refractivity contribution < 1.29 is 4.52 Å². The van der Waals surface area contributed by atoms with E-state index in [4.69, 9.17) is 9.78 Å². The minimum atomic E-state index is 0.619. The number of nitriles is 1. The van der Waals surface area contributed by atoms with E-state index in [0.717, 1.165) is 22.6 Å². The van der Waals surface area contributed by atoms with E-state index in [1.807, 2.05) is 36.7 Å². The Kier molecular flexibility index (Phi) is 2.17. The standard InChI is InChI=1S/C13H10N4O/c1-8-5-11(16-18-8)13-15-10-4-3-9(7-14)6-12(10)17(13)2/h3-6H,1-2H3. The molecule has 0 aliphatic heterocycles. The fourth-order valence-corrected chi connectivity index (χ4v) is 1.96. The molecule has 0 amide bonds. The van der Waals surface area contributed by atoms with Crippen molar-refractivity contribution in [2.24, 2.45) is 7.05 Å². The summed E-state index contributed by atoms with van der Waals surface area (Å²) >= 11 is 0. The first-order valence-electron chi connectivity index (χ1n) is 5.49. The van der Waals surface area contributed by atoms with Gasteiger partial charge in [0.05, 0.1) is 22.7 Å². The van der Waals surface area contributed by atoms with E-state index in [-0.39, 0.29) is 0 Å². The van der Waals surface area contributed by atoms with Gasteiger partial charge < -0.3 is 9.09 Å².